The van der Waals surface area contributed by atoms with Gasteiger partial charge in [-0.3, -0.25) is 10.1 Å². The Kier molecular flexibility index (Phi) is 4.26. The summed E-state index contributed by atoms with van der Waals surface area (Å²) in [5.74, 6) is -0.370. The van der Waals surface area contributed by atoms with Crippen molar-refractivity contribution in [2.45, 2.75) is 13.8 Å². The van der Waals surface area contributed by atoms with Gasteiger partial charge in [0.1, 0.15) is 5.75 Å². The van der Waals surface area contributed by atoms with Crippen molar-refractivity contribution in [2.24, 2.45) is 0 Å². The number of amides is 2. The summed E-state index contributed by atoms with van der Waals surface area (Å²) in [6, 6.07) is 8.54. The van der Waals surface area contributed by atoms with Crippen LogP contribution in [0.15, 0.2) is 36.4 Å². The minimum absolute atomic E-state index is 0.0920. The summed E-state index contributed by atoms with van der Waals surface area (Å²) < 4.78 is 0. The van der Waals surface area contributed by atoms with Crippen molar-refractivity contribution in [3.63, 3.8) is 0 Å². The van der Waals surface area contributed by atoms with Gasteiger partial charge >= 0.3 is 6.03 Å². The molecule has 0 aromatic heterocycles. The predicted molar refractivity (Wildman–Crippen MR) is 83.3 cm³/mol. The van der Waals surface area contributed by atoms with Gasteiger partial charge in [-0.1, -0.05) is 18.2 Å². The zero-order chi connectivity index (χ0) is 16.3. The Bertz CT molecular complexity index is 723. The quantitative estimate of drug-likeness (QED) is 0.458. The van der Waals surface area contributed by atoms with Crippen LogP contribution in [0, 0.1) is 24.0 Å². The van der Waals surface area contributed by atoms with Crippen molar-refractivity contribution in [1.29, 1.82) is 0 Å². The molecular weight excluding hydrogens is 286 g/mol. The van der Waals surface area contributed by atoms with E-state index in [-0.39, 0.29) is 17.1 Å². The highest BCUT2D eigenvalue weighted by Crippen LogP contribution is 2.28. The van der Waals surface area contributed by atoms with Crippen LogP contribution in [-0.4, -0.2) is 16.1 Å². The second kappa shape index (κ2) is 6.13. The Labute approximate surface area is 126 Å². The molecule has 114 valence electrons. The average Bonchev–Trinajstić information content (AvgIpc) is 2.45. The normalized spacial score (nSPS) is 10.1. The molecule has 0 heterocycles. The van der Waals surface area contributed by atoms with Gasteiger partial charge in [-0.15, -0.1) is 0 Å². The molecule has 0 aliphatic heterocycles. The van der Waals surface area contributed by atoms with Gasteiger partial charge < -0.3 is 15.7 Å². The van der Waals surface area contributed by atoms with E-state index in [2.05, 4.69) is 10.6 Å². The van der Waals surface area contributed by atoms with Gasteiger partial charge in [-0.25, -0.2) is 4.79 Å². The van der Waals surface area contributed by atoms with E-state index in [4.69, 9.17) is 0 Å². The SMILES string of the molecule is Cc1cccc(C)c1NC(=O)Nc1ccc([N+](=O)[O-])cc1O. The fourth-order valence-corrected chi connectivity index (χ4v) is 2.02. The number of anilines is 2. The molecule has 2 aromatic rings. The molecule has 0 spiro atoms. The molecular formula is C15H15N3O4. The number of carbonyl (C=O) groups is 1. The first kappa shape index (κ1) is 15.3. The van der Waals surface area contributed by atoms with Gasteiger partial charge in [0.2, 0.25) is 0 Å². The van der Waals surface area contributed by atoms with Crippen LogP contribution in [0.2, 0.25) is 0 Å². The molecule has 0 bridgehead atoms. The summed E-state index contributed by atoms with van der Waals surface area (Å²) in [7, 11) is 0. The summed E-state index contributed by atoms with van der Waals surface area (Å²) in [4.78, 5) is 22.0. The topological polar surface area (TPSA) is 104 Å². The van der Waals surface area contributed by atoms with Crippen LogP contribution in [0.4, 0.5) is 21.9 Å². The number of nitro groups is 1. The van der Waals surface area contributed by atoms with E-state index in [1.807, 2.05) is 32.0 Å². The number of rotatable bonds is 3. The smallest absolute Gasteiger partial charge is 0.323 e. The van der Waals surface area contributed by atoms with Gasteiger partial charge in [-0.05, 0) is 31.0 Å². The molecule has 0 aliphatic carbocycles. The third-order valence-electron chi connectivity index (χ3n) is 3.16. The molecule has 0 unspecified atom stereocenters. The molecule has 2 aromatic carbocycles. The van der Waals surface area contributed by atoms with Crippen molar-refractivity contribution in [3.8, 4) is 5.75 Å². The molecule has 7 heteroatoms. The maximum Gasteiger partial charge on any atom is 0.323 e. The minimum atomic E-state index is -0.625. The number of phenols is 1. The number of nitrogens with one attached hydrogen (secondary N) is 2. The van der Waals surface area contributed by atoms with E-state index in [9.17, 15) is 20.0 Å². The van der Waals surface area contributed by atoms with Gasteiger partial charge in [-0.2, -0.15) is 0 Å². The fourth-order valence-electron chi connectivity index (χ4n) is 2.02. The number of carbonyl (C=O) groups excluding carboxylic acids is 1. The lowest BCUT2D eigenvalue weighted by molar-refractivity contribution is -0.384. The summed E-state index contributed by atoms with van der Waals surface area (Å²) in [6.07, 6.45) is 0. The van der Waals surface area contributed by atoms with Crippen LogP contribution in [-0.2, 0) is 0 Å². The number of benzene rings is 2. The lowest BCUT2D eigenvalue weighted by Crippen LogP contribution is -2.20. The zero-order valence-electron chi connectivity index (χ0n) is 12.1. The number of nitro benzene ring substituents is 1. The minimum Gasteiger partial charge on any atom is -0.506 e. The second-order valence-electron chi connectivity index (χ2n) is 4.80. The second-order valence-corrected chi connectivity index (χ2v) is 4.80. The lowest BCUT2D eigenvalue weighted by atomic mass is 10.1. The number of hydrogen-bond donors (Lipinski definition) is 3. The number of urea groups is 1. The standard InChI is InChI=1S/C15H15N3O4/c1-9-4-3-5-10(2)14(9)17-15(20)16-12-7-6-11(18(21)22)8-13(12)19/h3-8,19H,1-2H3,(H2,16,17,20). The molecule has 0 atom stereocenters. The van der Waals surface area contributed by atoms with Crippen molar-refractivity contribution < 1.29 is 14.8 Å². The van der Waals surface area contributed by atoms with Crippen molar-refractivity contribution in [2.75, 3.05) is 10.6 Å². The largest absolute Gasteiger partial charge is 0.506 e. The Balaban J connectivity index is 2.14. The first-order valence-corrected chi connectivity index (χ1v) is 6.50. The van der Waals surface area contributed by atoms with Gasteiger partial charge in [0, 0.05) is 11.8 Å². The van der Waals surface area contributed by atoms with Crippen molar-refractivity contribution in [1.82, 2.24) is 0 Å². The van der Waals surface area contributed by atoms with Crippen LogP contribution < -0.4 is 10.6 Å². The Morgan fingerprint density at radius 3 is 2.32 bits per heavy atom. The molecule has 7 nitrogen and oxygen atoms in total. The van der Waals surface area contributed by atoms with Crippen LogP contribution >= 0.6 is 0 Å². The van der Waals surface area contributed by atoms with Gasteiger partial charge in [0.05, 0.1) is 16.7 Å². The molecule has 22 heavy (non-hydrogen) atoms. The van der Waals surface area contributed by atoms with Crippen LogP contribution in [0.5, 0.6) is 5.75 Å². The highest BCUT2D eigenvalue weighted by Gasteiger charge is 2.13. The molecule has 2 amide bonds. The summed E-state index contributed by atoms with van der Waals surface area (Å²) >= 11 is 0. The third-order valence-corrected chi connectivity index (χ3v) is 3.16. The zero-order valence-corrected chi connectivity index (χ0v) is 12.1. The Morgan fingerprint density at radius 1 is 1.14 bits per heavy atom. The molecule has 2 rings (SSSR count). The van der Waals surface area contributed by atoms with E-state index < -0.39 is 11.0 Å². The van der Waals surface area contributed by atoms with Crippen LogP contribution in [0.1, 0.15) is 11.1 Å². The van der Waals surface area contributed by atoms with Crippen LogP contribution in [0.3, 0.4) is 0 Å². The van der Waals surface area contributed by atoms with Crippen molar-refractivity contribution in [3.05, 3.63) is 57.6 Å². The Morgan fingerprint density at radius 2 is 1.77 bits per heavy atom. The van der Waals surface area contributed by atoms with E-state index in [1.165, 1.54) is 12.1 Å². The highest BCUT2D eigenvalue weighted by molar-refractivity contribution is 6.01. The number of hydrogen-bond acceptors (Lipinski definition) is 4. The molecule has 0 fully saturated rings. The number of aryl methyl sites for hydroxylation is 2. The first-order chi connectivity index (χ1) is 10.4. The maximum absolute atomic E-state index is 12.0. The van der Waals surface area contributed by atoms with E-state index in [0.717, 1.165) is 17.2 Å². The summed E-state index contributed by atoms with van der Waals surface area (Å²) in [6.45, 7) is 3.73. The number of aromatic hydroxyl groups is 1. The highest BCUT2D eigenvalue weighted by atomic mass is 16.6. The first-order valence-electron chi connectivity index (χ1n) is 6.50. The summed E-state index contributed by atoms with van der Waals surface area (Å²) in [5.41, 5.74) is 2.33. The number of para-hydroxylation sites is 1. The number of nitrogens with zero attached hydrogens (tertiary/aromatic N) is 1. The van der Waals surface area contributed by atoms with Gasteiger partial charge in [0.25, 0.3) is 5.69 Å². The number of non-ortho nitro benzene ring substituents is 1. The Hall–Kier alpha value is -3.09. The monoisotopic (exact) mass is 301 g/mol. The van der Waals surface area contributed by atoms with E-state index >= 15 is 0 Å². The van der Waals surface area contributed by atoms with E-state index in [1.54, 1.807) is 0 Å². The van der Waals surface area contributed by atoms with Crippen molar-refractivity contribution >= 4 is 23.1 Å². The summed E-state index contributed by atoms with van der Waals surface area (Å²) in [5, 5.41) is 25.5. The average molecular weight is 301 g/mol. The molecule has 0 radical (unpaired) electrons. The van der Waals surface area contributed by atoms with E-state index in [0.29, 0.717) is 5.69 Å². The van der Waals surface area contributed by atoms with Crippen LogP contribution in [0.25, 0.3) is 0 Å². The molecule has 0 saturated heterocycles. The maximum atomic E-state index is 12.0. The third kappa shape index (κ3) is 3.32. The van der Waals surface area contributed by atoms with Gasteiger partial charge in [0.15, 0.2) is 0 Å². The predicted octanol–water partition coefficient (Wildman–Crippen LogP) is 3.56. The number of phenolic OH excluding ortho intramolecular Hbond substituents is 1. The molecule has 0 saturated carbocycles. The molecule has 3 N–H and O–H groups in total. The lowest BCUT2D eigenvalue weighted by Gasteiger charge is -2.13. The fraction of sp³-hybridized carbons (Fsp3) is 0.133. The molecule has 0 aliphatic rings.